The lowest BCUT2D eigenvalue weighted by Crippen LogP contribution is -2.39. The number of amides is 1. The Balaban J connectivity index is 2.22. The van der Waals surface area contributed by atoms with Crippen molar-refractivity contribution in [1.29, 1.82) is 0 Å². The van der Waals surface area contributed by atoms with Gasteiger partial charge in [-0.3, -0.25) is 10.1 Å². The predicted molar refractivity (Wildman–Crippen MR) is 73.4 cm³/mol. The molecule has 1 amide bonds. The fourth-order valence-corrected chi connectivity index (χ4v) is 2.12. The number of nitrogens with one attached hydrogen (secondary N) is 2. The summed E-state index contributed by atoms with van der Waals surface area (Å²) in [4.78, 5) is 11.6. The maximum Gasteiger partial charge on any atom is 0.220 e. The molecule has 1 aliphatic rings. The summed E-state index contributed by atoms with van der Waals surface area (Å²) in [6, 6.07) is -0.0872. The molecule has 0 spiro atoms. The SMILES string of the molecule is CC(C)CCNC(=O)CC[C@@H]1NC(C)(C)C=C1O. The van der Waals surface area contributed by atoms with Gasteiger partial charge in [-0.2, -0.15) is 0 Å². The van der Waals surface area contributed by atoms with E-state index in [0.717, 1.165) is 13.0 Å². The number of carbonyl (C=O) groups excluding carboxylic acids is 1. The van der Waals surface area contributed by atoms with Crippen LogP contribution < -0.4 is 10.6 Å². The zero-order valence-corrected chi connectivity index (χ0v) is 11.9. The van der Waals surface area contributed by atoms with Crippen molar-refractivity contribution in [2.75, 3.05) is 6.54 Å². The maximum absolute atomic E-state index is 11.6. The van der Waals surface area contributed by atoms with Gasteiger partial charge in [0.25, 0.3) is 0 Å². The second-order valence-corrected chi connectivity index (χ2v) is 6.06. The van der Waals surface area contributed by atoms with Gasteiger partial charge >= 0.3 is 0 Å². The largest absolute Gasteiger partial charge is 0.511 e. The van der Waals surface area contributed by atoms with E-state index in [4.69, 9.17) is 0 Å². The predicted octanol–water partition coefficient (Wildman–Crippen LogP) is 2.12. The van der Waals surface area contributed by atoms with Crippen LogP contribution in [-0.4, -0.2) is 29.1 Å². The molecule has 0 saturated heterocycles. The van der Waals surface area contributed by atoms with Crippen molar-refractivity contribution in [3.05, 3.63) is 11.8 Å². The van der Waals surface area contributed by atoms with Crippen LogP contribution in [0.5, 0.6) is 0 Å². The van der Waals surface area contributed by atoms with Gasteiger partial charge in [0.2, 0.25) is 5.91 Å². The molecule has 0 aromatic heterocycles. The quantitative estimate of drug-likeness (QED) is 0.680. The Hall–Kier alpha value is -1.03. The second kappa shape index (κ2) is 6.23. The summed E-state index contributed by atoms with van der Waals surface area (Å²) >= 11 is 0. The number of carbonyl (C=O) groups is 1. The summed E-state index contributed by atoms with van der Waals surface area (Å²) < 4.78 is 0. The zero-order valence-electron chi connectivity index (χ0n) is 11.9. The maximum atomic E-state index is 11.6. The van der Waals surface area contributed by atoms with Crippen LogP contribution >= 0.6 is 0 Å². The number of hydrogen-bond donors (Lipinski definition) is 3. The van der Waals surface area contributed by atoms with Crippen molar-refractivity contribution in [1.82, 2.24) is 10.6 Å². The Morgan fingerprint density at radius 3 is 2.72 bits per heavy atom. The molecule has 0 aromatic carbocycles. The first-order valence-corrected chi connectivity index (χ1v) is 6.76. The molecule has 0 aliphatic carbocycles. The molecule has 1 rings (SSSR count). The molecular weight excluding hydrogens is 228 g/mol. The van der Waals surface area contributed by atoms with Crippen molar-refractivity contribution >= 4 is 5.91 Å². The van der Waals surface area contributed by atoms with Crippen LogP contribution in [0.2, 0.25) is 0 Å². The fraction of sp³-hybridized carbons (Fsp3) is 0.786. The highest BCUT2D eigenvalue weighted by atomic mass is 16.3. The third-order valence-electron chi connectivity index (χ3n) is 3.12. The summed E-state index contributed by atoms with van der Waals surface area (Å²) in [7, 11) is 0. The summed E-state index contributed by atoms with van der Waals surface area (Å²) in [5.41, 5.74) is -0.178. The first-order valence-electron chi connectivity index (χ1n) is 6.76. The molecule has 4 nitrogen and oxygen atoms in total. The molecule has 0 bridgehead atoms. The molecular formula is C14H26N2O2. The van der Waals surface area contributed by atoms with Gasteiger partial charge in [-0.25, -0.2) is 0 Å². The van der Waals surface area contributed by atoms with E-state index in [1.54, 1.807) is 0 Å². The molecule has 0 unspecified atom stereocenters. The molecule has 1 atom stereocenters. The van der Waals surface area contributed by atoms with Gasteiger partial charge in [0.1, 0.15) is 5.76 Å². The smallest absolute Gasteiger partial charge is 0.220 e. The Kier molecular flexibility index (Phi) is 5.20. The van der Waals surface area contributed by atoms with Gasteiger partial charge in [0, 0.05) is 18.5 Å². The van der Waals surface area contributed by atoms with E-state index < -0.39 is 0 Å². The third kappa shape index (κ3) is 5.08. The molecule has 104 valence electrons. The molecule has 0 fully saturated rings. The number of aliphatic hydroxyl groups is 1. The molecule has 18 heavy (non-hydrogen) atoms. The van der Waals surface area contributed by atoms with Crippen LogP contribution in [0.1, 0.15) is 47.0 Å². The van der Waals surface area contributed by atoms with Gasteiger partial charge in [-0.05, 0) is 38.7 Å². The molecule has 1 aliphatic heterocycles. The Bertz CT molecular complexity index is 322. The van der Waals surface area contributed by atoms with Crippen LogP contribution in [-0.2, 0) is 4.79 Å². The lowest BCUT2D eigenvalue weighted by atomic mass is 10.1. The van der Waals surface area contributed by atoms with Crippen LogP contribution in [0.3, 0.4) is 0 Å². The lowest BCUT2D eigenvalue weighted by Gasteiger charge is -2.20. The van der Waals surface area contributed by atoms with Gasteiger partial charge < -0.3 is 10.4 Å². The first-order chi connectivity index (χ1) is 8.30. The zero-order chi connectivity index (χ0) is 13.8. The van der Waals surface area contributed by atoms with Crippen molar-refractivity contribution in [3.63, 3.8) is 0 Å². The van der Waals surface area contributed by atoms with E-state index in [-0.39, 0.29) is 17.5 Å². The molecule has 3 N–H and O–H groups in total. The summed E-state index contributed by atoms with van der Waals surface area (Å²) in [5, 5.41) is 15.9. The van der Waals surface area contributed by atoms with E-state index in [2.05, 4.69) is 24.5 Å². The van der Waals surface area contributed by atoms with Gasteiger partial charge in [0.05, 0.1) is 6.04 Å². The minimum absolute atomic E-state index is 0.0648. The highest BCUT2D eigenvalue weighted by Gasteiger charge is 2.30. The molecule has 0 radical (unpaired) electrons. The molecule has 1 heterocycles. The third-order valence-corrected chi connectivity index (χ3v) is 3.12. The second-order valence-electron chi connectivity index (χ2n) is 6.06. The number of rotatable bonds is 6. The summed E-state index contributed by atoms with van der Waals surface area (Å²) in [6.07, 6.45) is 3.91. The number of aliphatic hydroxyl groups excluding tert-OH is 1. The highest BCUT2D eigenvalue weighted by molar-refractivity contribution is 5.75. The van der Waals surface area contributed by atoms with E-state index >= 15 is 0 Å². The van der Waals surface area contributed by atoms with Crippen LogP contribution in [0.25, 0.3) is 0 Å². The van der Waals surface area contributed by atoms with Crippen molar-refractivity contribution in [3.8, 4) is 0 Å². The fourth-order valence-electron chi connectivity index (χ4n) is 2.12. The van der Waals surface area contributed by atoms with E-state index in [1.807, 2.05) is 19.9 Å². The van der Waals surface area contributed by atoms with Gasteiger partial charge in [-0.15, -0.1) is 0 Å². The van der Waals surface area contributed by atoms with Crippen LogP contribution in [0.15, 0.2) is 11.8 Å². The topological polar surface area (TPSA) is 61.4 Å². The average molecular weight is 254 g/mol. The van der Waals surface area contributed by atoms with Crippen molar-refractivity contribution < 1.29 is 9.90 Å². The Morgan fingerprint density at radius 2 is 2.22 bits per heavy atom. The van der Waals surface area contributed by atoms with Crippen LogP contribution in [0.4, 0.5) is 0 Å². The normalized spacial score (nSPS) is 22.1. The molecule has 0 aromatic rings. The van der Waals surface area contributed by atoms with Crippen LogP contribution in [0, 0.1) is 5.92 Å². The lowest BCUT2D eigenvalue weighted by molar-refractivity contribution is -0.121. The van der Waals surface area contributed by atoms with Gasteiger partial charge in [-0.1, -0.05) is 13.8 Å². The minimum Gasteiger partial charge on any atom is -0.511 e. The van der Waals surface area contributed by atoms with E-state index in [1.165, 1.54) is 0 Å². The minimum atomic E-state index is -0.178. The average Bonchev–Trinajstić information content (AvgIpc) is 2.48. The first kappa shape index (κ1) is 15.0. The molecule has 4 heteroatoms. The van der Waals surface area contributed by atoms with Crippen molar-refractivity contribution in [2.24, 2.45) is 5.92 Å². The number of hydrogen-bond acceptors (Lipinski definition) is 3. The summed E-state index contributed by atoms with van der Waals surface area (Å²) in [5.74, 6) is 1.03. The molecule has 0 saturated carbocycles. The highest BCUT2D eigenvalue weighted by Crippen LogP contribution is 2.22. The Labute approximate surface area is 110 Å². The van der Waals surface area contributed by atoms with E-state index in [0.29, 0.717) is 24.5 Å². The van der Waals surface area contributed by atoms with E-state index in [9.17, 15) is 9.90 Å². The van der Waals surface area contributed by atoms with Crippen molar-refractivity contribution in [2.45, 2.75) is 58.5 Å². The standard InChI is InChI=1S/C14H26N2O2/c1-10(2)7-8-15-13(18)6-5-11-12(17)9-14(3,4)16-11/h9-11,16-17H,5-8H2,1-4H3,(H,15,18)/t11-/m0/s1. The van der Waals surface area contributed by atoms with Gasteiger partial charge in [0.15, 0.2) is 0 Å². The monoisotopic (exact) mass is 254 g/mol. The summed E-state index contributed by atoms with van der Waals surface area (Å²) in [6.45, 7) is 9.03. The Morgan fingerprint density at radius 1 is 1.56 bits per heavy atom.